The molecule has 1 heterocycles. The Labute approximate surface area is 115 Å². The van der Waals surface area contributed by atoms with Gasteiger partial charge in [0.2, 0.25) is 0 Å². The Kier molecular flexibility index (Phi) is 3.02. The van der Waals surface area contributed by atoms with Crippen LogP contribution in [0.1, 0.15) is 5.56 Å². The van der Waals surface area contributed by atoms with Crippen LogP contribution in [0.3, 0.4) is 0 Å². The summed E-state index contributed by atoms with van der Waals surface area (Å²) in [6, 6.07) is 13.8. The van der Waals surface area contributed by atoms with Crippen LogP contribution in [0.5, 0.6) is 0 Å². The third kappa shape index (κ3) is 2.29. The summed E-state index contributed by atoms with van der Waals surface area (Å²) in [4.78, 5) is 4.10. The molecule has 0 aliphatic heterocycles. The van der Waals surface area contributed by atoms with Crippen LogP contribution in [-0.4, -0.2) is 4.98 Å². The molecule has 3 aromatic rings. The fourth-order valence-electron chi connectivity index (χ4n) is 2.10. The lowest BCUT2D eigenvalue weighted by Crippen LogP contribution is -1.93. The van der Waals surface area contributed by atoms with Gasteiger partial charge in [-0.25, -0.2) is 4.39 Å². The summed E-state index contributed by atoms with van der Waals surface area (Å²) in [5.41, 5.74) is 1.65. The third-order valence-corrected chi connectivity index (χ3v) is 2.99. The molecule has 0 aliphatic carbocycles. The zero-order chi connectivity index (χ0) is 13.9. The number of fused-ring (bicyclic) bond motifs is 1. The molecule has 3 rings (SSSR count). The van der Waals surface area contributed by atoms with Crippen LogP contribution in [0.15, 0.2) is 54.9 Å². The van der Waals surface area contributed by atoms with Crippen molar-refractivity contribution in [2.45, 2.75) is 0 Å². The maximum Gasteiger partial charge on any atom is 0.126 e. The molecular formula is C16H10FN3. The van der Waals surface area contributed by atoms with Crippen LogP contribution in [0.25, 0.3) is 10.8 Å². The molecule has 0 bridgehead atoms. The summed E-state index contributed by atoms with van der Waals surface area (Å²) in [7, 11) is 0. The van der Waals surface area contributed by atoms with Crippen molar-refractivity contribution < 1.29 is 4.39 Å². The van der Waals surface area contributed by atoms with E-state index in [-0.39, 0.29) is 5.56 Å². The highest BCUT2D eigenvalue weighted by molar-refractivity contribution is 5.94. The fraction of sp³-hybridized carbons (Fsp3) is 0. The minimum atomic E-state index is -0.440. The van der Waals surface area contributed by atoms with E-state index >= 15 is 0 Å². The van der Waals surface area contributed by atoms with Gasteiger partial charge in [0.1, 0.15) is 5.82 Å². The van der Waals surface area contributed by atoms with Gasteiger partial charge in [-0.15, -0.1) is 0 Å². The van der Waals surface area contributed by atoms with Crippen LogP contribution in [0, 0.1) is 17.1 Å². The molecule has 0 spiro atoms. The molecular weight excluding hydrogens is 253 g/mol. The van der Waals surface area contributed by atoms with Gasteiger partial charge in [-0.05, 0) is 35.7 Å². The van der Waals surface area contributed by atoms with Crippen LogP contribution in [0.4, 0.5) is 15.8 Å². The van der Waals surface area contributed by atoms with Crippen molar-refractivity contribution in [1.82, 2.24) is 4.98 Å². The van der Waals surface area contributed by atoms with E-state index in [1.54, 1.807) is 18.5 Å². The summed E-state index contributed by atoms with van der Waals surface area (Å²) >= 11 is 0. The van der Waals surface area contributed by atoms with Gasteiger partial charge >= 0.3 is 0 Å². The van der Waals surface area contributed by atoms with Gasteiger partial charge in [0.25, 0.3) is 0 Å². The second-order valence-electron chi connectivity index (χ2n) is 4.37. The molecule has 0 saturated carbocycles. The topological polar surface area (TPSA) is 48.7 Å². The molecule has 1 N–H and O–H groups in total. The standard InChI is InChI=1S/C16H10FN3/c17-13-6-11(9-18)7-14(8-13)20-16-3-1-2-12-4-5-19-10-15(12)16/h1-8,10,20H. The molecule has 20 heavy (non-hydrogen) atoms. The first-order valence-electron chi connectivity index (χ1n) is 6.07. The van der Waals surface area contributed by atoms with Gasteiger partial charge in [0, 0.05) is 29.2 Å². The molecule has 4 heteroatoms. The van der Waals surface area contributed by atoms with Crippen molar-refractivity contribution >= 4 is 22.1 Å². The van der Waals surface area contributed by atoms with E-state index in [2.05, 4.69) is 10.3 Å². The second-order valence-corrected chi connectivity index (χ2v) is 4.37. The van der Waals surface area contributed by atoms with E-state index in [1.165, 1.54) is 12.1 Å². The summed E-state index contributed by atoms with van der Waals surface area (Å²) < 4.78 is 13.4. The first kappa shape index (κ1) is 12.1. The number of halogens is 1. The Morgan fingerprint density at radius 1 is 1.15 bits per heavy atom. The summed E-state index contributed by atoms with van der Waals surface area (Å²) in [6.07, 6.45) is 3.48. The lowest BCUT2D eigenvalue weighted by atomic mass is 10.1. The molecule has 1 aromatic heterocycles. The number of pyridine rings is 1. The highest BCUT2D eigenvalue weighted by atomic mass is 19.1. The predicted octanol–water partition coefficient (Wildman–Crippen LogP) is 3.99. The van der Waals surface area contributed by atoms with Crippen molar-refractivity contribution in [3.05, 3.63) is 66.2 Å². The van der Waals surface area contributed by atoms with Crippen LogP contribution >= 0.6 is 0 Å². The third-order valence-electron chi connectivity index (χ3n) is 2.99. The molecule has 0 radical (unpaired) electrons. The largest absolute Gasteiger partial charge is 0.355 e. The monoisotopic (exact) mass is 263 g/mol. The van der Waals surface area contributed by atoms with Crippen molar-refractivity contribution in [2.24, 2.45) is 0 Å². The number of aromatic nitrogens is 1. The number of hydrogen-bond donors (Lipinski definition) is 1. The smallest absolute Gasteiger partial charge is 0.126 e. The Balaban J connectivity index is 2.06. The minimum absolute atomic E-state index is 0.283. The van der Waals surface area contributed by atoms with E-state index in [0.29, 0.717) is 5.69 Å². The van der Waals surface area contributed by atoms with Gasteiger partial charge in [0.05, 0.1) is 11.6 Å². The number of nitriles is 1. The zero-order valence-corrected chi connectivity index (χ0v) is 10.5. The van der Waals surface area contributed by atoms with Gasteiger partial charge < -0.3 is 5.32 Å². The van der Waals surface area contributed by atoms with E-state index < -0.39 is 5.82 Å². The lowest BCUT2D eigenvalue weighted by Gasteiger charge is -2.10. The summed E-state index contributed by atoms with van der Waals surface area (Å²) in [5.74, 6) is -0.440. The Morgan fingerprint density at radius 2 is 2.05 bits per heavy atom. The molecule has 0 amide bonds. The lowest BCUT2D eigenvalue weighted by molar-refractivity contribution is 0.628. The second kappa shape index (κ2) is 4.98. The van der Waals surface area contributed by atoms with Gasteiger partial charge in [-0.2, -0.15) is 5.26 Å². The first-order valence-corrected chi connectivity index (χ1v) is 6.07. The fourth-order valence-corrected chi connectivity index (χ4v) is 2.10. The maximum atomic E-state index is 13.4. The van der Waals surface area contributed by atoms with E-state index in [9.17, 15) is 4.39 Å². The number of rotatable bonds is 2. The highest BCUT2D eigenvalue weighted by Gasteiger charge is 2.04. The molecule has 0 fully saturated rings. The van der Waals surface area contributed by atoms with E-state index in [4.69, 9.17) is 5.26 Å². The predicted molar refractivity (Wildman–Crippen MR) is 76.1 cm³/mol. The van der Waals surface area contributed by atoms with Crippen molar-refractivity contribution in [1.29, 1.82) is 5.26 Å². The number of nitrogens with zero attached hydrogens (tertiary/aromatic N) is 2. The number of nitrogens with one attached hydrogen (secondary N) is 1. The van der Waals surface area contributed by atoms with Gasteiger partial charge in [-0.1, -0.05) is 12.1 Å². The summed E-state index contributed by atoms with van der Waals surface area (Å²) in [6.45, 7) is 0. The quantitative estimate of drug-likeness (QED) is 0.760. The van der Waals surface area contributed by atoms with Crippen molar-refractivity contribution in [3.8, 4) is 6.07 Å². The van der Waals surface area contributed by atoms with Crippen LogP contribution in [0.2, 0.25) is 0 Å². The van der Waals surface area contributed by atoms with Gasteiger partial charge in [0.15, 0.2) is 0 Å². The Bertz CT molecular complexity index is 816. The molecule has 0 aliphatic rings. The average molecular weight is 263 g/mol. The average Bonchev–Trinajstić information content (AvgIpc) is 2.47. The van der Waals surface area contributed by atoms with E-state index in [0.717, 1.165) is 16.5 Å². The normalized spacial score (nSPS) is 10.2. The number of anilines is 2. The molecule has 96 valence electrons. The molecule has 3 nitrogen and oxygen atoms in total. The highest BCUT2D eigenvalue weighted by Crippen LogP contribution is 2.26. The maximum absolute atomic E-state index is 13.4. The number of benzene rings is 2. The Morgan fingerprint density at radius 3 is 2.90 bits per heavy atom. The Hall–Kier alpha value is -2.93. The van der Waals surface area contributed by atoms with Crippen LogP contribution in [-0.2, 0) is 0 Å². The van der Waals surface area contributed by atoms with Crippen molar-refractivity contribution in [2.75, 3.05) is 5.32 Å². The van der Waals surface area contributed by atoms with Crippen LogP contribution < -0.4 is 5.32 Å². The van der Waals surface area contributed by atoms with Crippen molar-refractivity contribution in [3.63, 3.8) is 0 Å². The molecule has 0 atom stereocenters. The SMILES string of the molecule is N#Cc1cc(F)cc(Nc2cccc3ccncc23)c1. The zero-order valence-electron chi connectivity index (χ0n) is 10.5. The van der Waals surface area contributed by atoms with E-state index in [1.807, 2.05) is 30.3 Å². The molecule has 0 saturated heterocycles. The first-order chi connectivity index (χ1) is 9.76. The summed E-state index contributed by atoms with van der Waals surface area (Å²) in [5, 5.41) is 14.0. The minimum Gasteiger partial charge on any atom is -0.355 e. The van der Waals surface area contributed by atoms with Gasteiger partial charge in [-0.3, -0.25) is 4.98 Å². The molecule has 2 aromatic carbocycles. The molecule has 0 unspecified atom stereocenters. The number of hydrogen-bond acceptors (Lipinski definition) is 3.